The van der Waals surface area contributed by atoms with Crippen LogP contribution in [0.5, 0.6) is 11.5 Å². The van der Waals surface area contributed by atoms with E-state index < -0.39 is 0 Å². The van der Waals surface area contributed by atoms with Crippen molar-refractivity contribution in [1.82, 2.24) is 5.32 Å². The van der Waals surface area contributed by atoms with Gasteiger partial charge in [-0.15, -0.1) is 0 Å². The molecular weight excluding hydrogens is 346 g/mol. The van der Waals surface area contributed by atoms with E-state index in [1.165, 1.54) is 44.5 Å². The maximum atomic E-state index is 6.29. The molecule has 0 amide bonds. The predicted octanol–water partition coefficient (Wildman–Crippen LogP) is 4.88. The number of hydrogen-bond acceptors (Lipinski definition) is 3. The molecular formula is C25H23NO2. The van der Waals surface area contributed by atoms with Crippen molar-refractivity contribution in [3.05, 3.63) is 70.8 Å². The van der Waals surface area contributed by atoms with Gasteiger partial charge in [0.25, 0.3) is 0 Å². The van der Waals surface area contributed by atoms with Crippen molar-refractivity contribution >= 4 is 0 Å². The van der Waals surface area contributed by atoms with Gasteiger partial charge in [0.15, 0.2) is 0 Å². The highest BCUT2D eigenvalue weighted by atomic mass is 16.5. The fourth-order valence-corrected chi connectivity index (χ4v) is 4.99. The topological polar surface area (TPSA) is 30.5 Å². The zero-order chi connectivity index (χ0) is 18.5. The third-order valence-corrected chi connectivity index (χ3v) is 6.29. The van der Waals surface area contributed by atoms with Gasteiger partial charge in [0.1, 0.15) is 11.5 Å². The van der Waals surface area contributed by atoms with Gasteiger partial charge >= 0.3 is 0 Å². The Morgan fingerprint density at radius 2 is 1.46 bits per heavy atom. The van der Waals surface area contributed by atoms with Crippen LogP contribution in [0.2, 0.25) is 0 Å². The summed E-state index contributed by atoms with van der Waals surface area (Å²) in [4.78, 5) is 0. The number of fused-ring (bicyclic) bond motifs is 3. The highest BCUT2D eigenvalue weighted by molar-refractivity contribution is 5.84. The molecule has 3 aromatic rings. The molecule has 3 aromatic carbocycles. The molecule has 0 saturated carbocycles. The standard InChI is InChI=1S/C25H23NO2/c1-4-16-14-26-15-23(16)17(5-1)19-9-10-22(25-21(19)7-3-12-28-25)18-6-2-8-24-20(18)11-13-27-24/h1-2,4-6,8-10,26H,3,7,11-15H2. The quantitative estimate of drug-likeness (QED) is 0.698. The molecule has 3 heteroatoms. The van der Waals surface area contributed by atoms with E-state index in [-0.39, 0.29) is 0 Å². The number of rotatable bonds is 2. The van der Waals surface area contributed by atoms with Gasteiger partial charge in [-0.3, -0.25) is 0 Å². The van der Waals surface area contributed by atoms with Gasteiger partial charge in [-0.25, -0.2) is 0 Å². The van der Waals surface area contributed by atoms with Crippen LogP contribution in [-0.4, -0.2) is 13.2 Å². The lowest BCUT2D eigenvalue weighted by molar-refractivity contribution is 0.290. The highest BCUT2D eigenvalue weighted by Gasteiger charge is 2.25. The third kappa shape index (κ3) is 2.39. The van der Waals surface area contributed by atoms with Crippen LogP contribution in [0.1, 0.15) is 28.7 Å². The minimum Gasteiger partial charge on any atom is -0.493 e. The number of nitrogens with one attached hydrogen (secondary N) is 1. The average Bonchev–Trinajstić information content (AvgIpc) is 3.42. The van der Waals surface area contributed by atoms with Gasteiger partial charge in [-0.05, 0) is 46.7 Å². The summed E-state index contributed by atoms with van der Waals surface area (Å²) in [7, 11) is 0. The molecule has 1 N–H and O–H groups in total. The number of hydrogen-bond donors (Lipinski definition) is 1. The Kier molecular flexibility index (Phi) is 3.69. The van der Waals surface area contributed by atoms with Crippen LogP contribution in [0.15, 0.2) is 48.5 Å². The Morgan fingerprint density at radius 3 is 2.43 bits per heavy atom. The summed E-state index contributed by atoms with van der Waals surface area (Å²) < 4.78 is 12.1. The smallest absolute Gasteiger partial charge is 0.130 e. The van der Waals surface area contributed by atoms with Crippen molar-refractivity contribution < 1.29 is 9.47 Å². The summed E-state index contributed by atoms with van der Waals surface area (Å²) in [6, 6.07) is 17.7. The van der Waals surface area contributed by atoms with Gasteiger partial charge in [0, 0.05) is 36.2 Å². The summed E-state index contributed by atoms with van der Waals surface area (Å²) >= 11 is 0. The average molecular weight is 369 g/mol. The van der Waals surface area contributed by atoms with Crippen LogP contribution in [0.4, 0.5) is 0 Å². The molecule has 0 unspecified atom stereocenters. The van der Waals surface area contributed by atoms with Gasteiger partial charge in [-0.2, -0.15) is 0 Å². The Labute approximate surface area is 165 Å². The first-order chi connectivity index (χ1) is 13.9. The third-order valence-electron chi connectivity index (χ3n) is 6.29. The summed E-state index contributed by atoms with van der Waals surface area (Å²) in [6.45, 7) is 3.49. The lowest BCUT2D eigenvalue weighted by Crippen LogP contribution is -2.11. The Bertz CT molecular complexity index is 1000. The van der Waals surface area contributed by atoms with E-state index in [2.05, 4.69) is 53.8 Å². The molecule has 140 valence electrons. The fraction of sp³-hybridized carbons (Fsp3) is 0.280. The summed E-state index contributed by atoms with van der Waals surface area (Å²) in [5, 5.41) is 3.50. The maximum Gasteiger partial charge on any atom is 0.130 e. The molecule has 6 rings (SSSR count). The van der Waals surface area contributed by atoms with Gasteiger partial charge in [0.2, 0.25) is 0 Å². The lowest BCUT2D eigenvalue weighted by atomic mass is 9.86. The first-order valence-electron chi connectivity index (χ1n) is 10.3. The molecule has 0 bridgehead atoms. The largest absolute Gasteiger partial charge is 0.493 e. The second-order valence-corrected chi connectivity index (χ2v) is 7.85. The van der Waals surface area contributed by atoms with Crippen molar-refractivity contribution in [2.45, 2.75) is 32.4 Å². The van der Waals surface area contributed by atoms with Crippen LogP contribution in [-0.2, 0) is 25.9 Å². The van der Waals surface area contributed by atoms with Gasteiger partial charge in [-0.1, -0.05) is 42.5 Å². The molecule has 3 heterocycles. The Morgan fingerprint density at radius 1 is 0.643 bits per heavy atom. The van der Waals surface area contributed by atoms with E-state index in [4.69, 9.17) is 9.47 Å². The SMILES string of the molecule is c1cc2c(c(-c3ccc(-c4cccc5c4CCO5)c4c3CCCO4)c1)CNC2. The molecule has 0 radical (unpaired) electrons. The Hall–Kier alpha value is -2.78. The van der Waals surface area contributed by atoms with E-state index >= 15 is 0 Å². The van der Waals surface area contributed by atoms with Crippen molar-refractivity contribution in [1.29, 1.82) is 0 Å². The van der Waals surface area contributed by atoms with E-state index in [9.17, 15) is 0 Å². The molecule has 0 spiro atoms. The van der Waals surface area contributed by atoms with E-state index in [1.807, 2.05) is 0 Å². The van der Waals surface area contributed by atoms with Crippen LogP contribution in [0.3, 0.4) is 0 Å². The predicted molar refractivity (Wildman–Crippen MR) is 111 cm³/mol. The van der Waals surface area contributed by atoms with Crippen LogP contribution in [0, 0.1) is 0 Å². The molecule has 3 nitrogen and oxygen atoms in total. The minimum absolute atomic E-state index is 0.774. The fourth-order valence-electron chi connectivity index (χ4n) is 4.99. The Balaban J connectivity index is 1.56. The molecule has 3 aliphatic heterocycles. The van der Waals surface area contributed by atoms with E-state index in [0.29, 0.717) is 0 Å². The monoisotopic (exact) mass is 369 g/mol. The van der Waals surface area contributed by atoms with Crippen molar-refractivity contribution in [2.75, 3.05) is 13.2 Å². The molecule has 28 heavy (non-hydrogen) atoms. The minimum atomic E-state index is 0.774. The number of benzene rings is 3. The first kappa shape index (κ1) is 16.2. The molecule has 0 fully saturated rings. The summed E-state index contributed by atoms with van der Waals surface area (Å²) in [5.41, 5.74) is 10.7. The highest BCUT2D eigenvalue weighted by Crippen LogP contribution is 2.45. The lowest BCUT2D eigenvalue weighted by Gasteiger charge is -2.25. The van der Waals surface area contributed by atoms with Crippen molar-refractivity contribution in [3.63, 3.8) is 0 Å². The zero-order valence-corrected chi connectivity index (χ0v) is 15.9. The molecule has 0 aromatic heterocycles. The zero-order valence-electron chi connectivity index (χ0n) is 15.9. The van der Waals surface area contributed by atoms with Crippen LogP contribution in [0.25, 0.3) is 22.3 Å². The van der Waals surface area contributed by atoms with Crippen molar-refractivity contribution in [3.8, 4) is 33.8 Å². The van der Waals surface area contributed by atoms with Crippen LogP contribution < -0.4 is 14.8 Å². The van der Waals surface area contributed by atoms with E-state index in [0.717, 1.165) is 57.1 Å². The van der Waals surface area contributed by atoms with Gasteiger partial charge in [0.05, 0.1) is 13.2 Å². The molecule has 0 atom stereocenters. The van der Waals surface area contributed by atoms with Gasteiger partial charge < -0.3 is 14.8 Å². The first-order valence-corrected chi connectivity index (χ1v) is 10.3. The molecule has 3 aliphatic rings. The summed E-state index contributed by atoms with van der Waals surface area (Å²) in [5.74, 6) is 2.10. The van der Waals surface area contributed by atoms with Crippen LogP contribution >= 0.6 is 0 Å². The second kappa shape index (κ2) is 6.39. The number of ether oxygens (including phenoxy) is 2. The molecule has 0 aliphatic carbocycles. The maximum absolute atomic E-state index is 6.29. The molecule has 0 saturated heterocycles. The van der Waals surface area contributed by atoms with E-state index in [1.54, 1.807) is 0 Å². The summed E-state index contributed by atoms with van der Waals surface area (Å²) in [6.07, 6.45) is 3.12. The van der Waals surface area contributed by atoms with Crippen molar-refractivity contribution in [2.24, 2.45) is 0 Å². The normalized spacial score (nSPS) is 16.7. The second-order valence-electron chi connectivity index (χ2n) is 7.85.